The van der Waals surface area contributed by atoms with Crippen molar-refractivity contribution in [1.82, 2.24) is 10.2 Å². The Hall–Kier alpha value is -2.29. The Morgan fingerprint density at radius 1 is 1.03 bits per heavy atom. The van der Waals surface area contributed by atoms with E-state index in [1.165, 1.54) is 16.3 Å². The number of carbonyl (C=O) groups is 2. The first-order chi connectivity index (χ1) is 16.4. The lowest BCUT2D eigenvalue weighted by molar-refractivity contribution is -0.141. The third-order valence-corrected chi connectivity index (χ3v) is 7.55. The van der Waals surface area contributed by atoms with Crippen LogP contribution in [0.3, 0.4) is 0 Å². The maximum atomic E-state index is 13.3. The SMILES string of the molecule is CC[C@@H](C(=O)NC)N(Cc1ccc(Cl)c(Cl)c1)C(=O)CCCN(c1cc(C)cc(C)c1)S(C)(=O)=O. The minimum absolute atomic E-state index is 0.0750. The molecule has 0 aromatic heterocycles. The second-order valence-corrected chi connectivity index (χ2v) is 11.3. The van der Waals surface area contributed by atoms with Gasteiger partial charge in [0.25, 0.3) is 0 Å². The molecule has 1 N–H and O–H groups in total. The number of nitrogens with zero attached hydrogens (tertiary/aromatic N) is 2. The Morgan fingerprint density at radius 3 is 2.17 bits per heavy atom. The zero-order valence-corrected chi connectivity index (χ0v) is 23.1. The topological polar surface area (TPSA) is 86.8 Å². The standard InChI is InChI=1S/C25H33Cl2N3O4S/c1-6-23(25(32)28-4)29(16-19-9-10-21(26)22(27)15-19)24(31)8-7-11-30(35(5,33)34)20-13-17(2)12-18(3)14-20/h9-10,12-15,23H,6-8,11,16H2,1-5H3,(H,28,32)/t23-/m0/s1. The van der Waals surface area contributed by atoms with E-state index in [1.54, 1.807) is 18.2 Å². The van der Waals surface area contributed by atoms with Gasteiger partial charge in [0.05, 0.1) is 22.0 Å². The van der Waals surface area contributed by atoms with Crippen LogP contribution in [0.15, 0.2) is 36.4 Å². The van der Waals surface area contributed by atoms with E-state index in [4.69, 9.17) is 23.2 Å². The third kappa shape index (κ3) is 8.12. The van der Waals surface area contributed by atoms with Crippen LogP contribution in [0.2, 0.25) is 10.0 Å². The summed E-state index contributed by atoms with van der Waals surface area (Å²) in [6, 6.07) is 10.0. The Balaban J connectivity index is 2.23. The number of likely N-dealkylation sites (N-methyl/N-ethyl adjacent to an activating group) is 1. The van der Waals surface area contributed by atoms with Crippen molar-refractivity contribution >= 4 is 50.7 Å². The van der Waals surface area contributed by atoms with Crippen LogP contribution in [-0.2, 0) is 26.2 Å². The highest BCUT2D eigenvalue weighted by Crippen LogP contribution is 2.25. The first-order valence-electron chi connectivity index (χ1n) is 11.4. The van der Waals surface area contributed by atoms with E-state index in [1.807, 2.05) is 39.0 Å². The smallest absolute Gasteiger partial charge is 0.242 e. The van der Waals surface area contributed by atoms with Gasteiger partial charge in [-0.15, -0.1) is 0 Å². The van der Waals surface area contributed by atoms with Crippen molar-refractivity contribution in [3.05, 3.63) is 63.1 Å². The molecule has 0 aliphatic carbocycles. The number of amides is 2. The fraction of sp³-hybridized carbons (Fsp3) is 0.440. The largest absolute Gasteiger partial charge is 0.357 e. The molecule has 1 atom stereocenters. The summed E-state index contributed by atoms with van der Waals surface area (Å²) in [6.07, 6.45) is 1.94. The van der Waals surface area contributed by atoms with Crippen molar-refractivity contribution in [3.8, 4) is 0 Å². The van der Waals surface area contributed by atoms with Gasteiger partial charge in [-0.3, -0.25) is 13.9 Å². The molecule has 0 spiro atoms. The lowest BCUT2D eigenvalue weighted by atomic mass is 10.1. The van der Waals surface area contributed by atoms with Gasteiger partial charge in [-0.2, -0.15) is 0 Å². The highest BCUT2D eigenvalue weighted by Gasteiger charge is 2.28. The van der Waals surface area contributed by atoms with Crippen molar-refractivity contribution in [2.24, 2.45) is 0 Å². The van der Waals surface area contributed by atoms with Crippen LogP contribution in [0.5, 0.6) is 0 Å². The molecule has 0 bridgehead atoms. The van der Waals surface area contributed by atoms with E-state index >= 15 is 0 Å². The van der Waals surface area contributed by atoms with Crippen LogP contribution in [0, 0.1) is 13.8 Å². The van der Waals surface area contributed by atoms with Crippen molar-refractivity contribution in [1.29, 1.82) is 0 Å². The second-order valence-electron chi connectivity index (χ2n) is 8.59. The molecule has 192 valence electrons. The van der Waals surface area contributed by atoms with Gasteiger partial charge in [-0.05, 0) is 67.6 Å². The molecule has 2 rings (SSSR count). The summed E-state index contributed by atoms with van der Waals surface area (Å²) in [5, 5.41) is 3.38. The van der Waals surface area contributed by atoms with E-state index in [-0.39, 0.29) is 31.3 Å². The lowest BCUT2D eigenvalue weighted by Crippen LogP contribution is -2.48. The summed E-state index contributed by atoms with van der Waals surface area (Å²) in [5.41, 5.74) is 3.22. The van der Waals surface area contributed by atoms with Crippen LogP contribution in [-0.4, -0.2) is 51.0 Å². The molecule has 0 saturated heterocycles. The summed E-state index contributed by atoms with van der Waals surface area (Å²) < 4.78 is 26.3. The van der Waals surface area contributed by atoms with E-state index in [0.29, 0.717) is 28.6 Å². The quantitative estimate of drug-likeness (QED) is 0.446. The van der Waals surface area contributed by atoms with Crippen molar-refractivity contribution < 1.29 is 18.0 Å². The number of carbonyl (C=O) groups excluding carboxylic acids is 2. The first kappa shape index (κ1) is 28.9. The van der Waals surface area contributed by atoms with Crippen LogP contribution >= 0.6 is 23.2 Å². The molecule has 2 amide bonds. The number of benzene rings is 2. The van der Waals surface area contributed by atoms with Gasteiger partial charge in [0.15, 0.2) is 0 Å². The molecule has 2 aromatic rings. The Bertz CT molecular complexity index is 1150. The zero-order valence-electron chi connectivity index (χ0n) is 20.8. The normalized spacial score (nSPS) is 12.2. The van der Waals surface area contributed by atoms with Gasteiger partial charge in [0.2, 0.25) is 21.8 Å². The molecular formula is C25H33Cl2N3O4S. The molecule has 0 aliphatic rings. The van der Waals surface area contributed by atoms with Crippen LogP contribution < -0.4 is 9.62 Å². The van der Waals surface area contributed by atoms with Crippen LogP contribution in [0.4, 0.5) is 5.69 Å². The van der Waals surface area contributed by atoms with Crippen molar-refractivity contribution in [3.63, 3.8) is 0 Å². The third-order valence-electron chi connectivity index (χ3n) is 5.62. The van der Waals surface area contributed by atoms with Gasteiger partial charge in [-0.1, -0.05) is 42.3 Å². The number of hydrogen-bond donors (Lipinski definition) is 1. The van der Waals surface area contributed by atoms with Gasteiger partial charge >= 0.3 is 0 Å². The highest BCUT2D eigenvalue weighted by atomic mass is 35.5. The predicted octanol–water partition coefficient (Wildman–Crippen LogP) is 4.71. The summed E-state index contributed by atoms with van der Waals surface area (Å²) in [6.45, 7) is 5.97. The number of halogens is 2. The molecule has 7 nitrogen and oxygen atoms in total. The number of anilines is 1. The molecule has 0 fully saturated rings. The molecule has 0 heterocycles. The number of sulfonamides is 1. The van der Waals surface area contributed by atoms with E-state index < -0.39 is 16.1 Å². The molecule has 10 heteroatoms. The molecule has 2 aromatic carbocycles. The van der Waals surface area contributed by atoms with Crippen molar-refractivity contribution in [2.75, 3.05) is 24.2 Å². The Labute approximate surface area is 218 Å². The average molecular weight is 543 g/mol. The second kappa shape index (κ2) is 12.6. The van der Waals surface area contributed by atoms with Gasteiger partial charge in [0.1, 0.15) is 6.04 Å². The summed E-state index contributed by atoms with van der Waals surface area (Å²) in [4.78, 5) is 27.4. The van der Waals surface area contributed by atoms with Crippen LogP contribution in [0.25, 0.3) is 0 Å². The number of hydrogen-bond acceptors (Lipinski definition) is 4. The molecule has 0 saturated carbocycles. The molecule has 0 aliphatic heterocycles. The molecule has 0 unspecified atom stereocenters. The number of aryl methyl sites for hydroxylation is 2. The lowest BCUT2D eigenvalue weighted by Gasteiger charge is -2.31. The minimum atomic E-state index is -3.55. The predicted molar refractivity (Wildman–Crippen MR) is 142 cm³/mol. The van der Waals surface area contributed by atoms with Gasteiger partial charge in [0, 0.05) is 26.6 Å². The Morgan fingerprint density at radius 2 is 1.66 bits per heavy atom. The van der Waals surface area contributed by atoms with Crippen LogP contribution in [0.1, 0.15) is 42.9 Å². The minimum Gasteiger partial charge on any atom is -0.357 e. The fourth-order valence-corrected chi connectivity index (χ4v) is 5.29. The zero-order chi connectivity index (χ0) is 26.3. The monoisotopic (exact) mass is 541 g/mol. The Kier molecular flexibility index (Phi) is 10.4. The van der Waals surface area contributed by atoms with E-state index in [0.717, 1.165) is 22.9 Å². The van der Waals surface area contributed by atoms with Crippen molar-refractivity contribution in [2.45, 2.75) is 52.6 Å². The first-order valence-corrected chi connectivity index (χ1v) is 14.0. The summed E-state index contributed by atoms with van der Waals surface area (Å²) in [5.74, 6) is -0.519. The number of nitrogens with one attached hydrogen (secondary N) is 1. The summed E-state index contributed by atoms with van der Waals surface area (Å²) >= 11 is 12.2. The highest BCUT2D eigenvalue weighted by molar-refractivity contribution is 7.92. The molecule has 0 radical (unpaired) electrons. The molecule has 35 heavy (non-hydrogen) atoms. The van der Waals surface area contributed by atoms with E-state index in [2.05, 4.69) is 5.32 Å². The average Bonchev–Trinajstić information content (AvgIpc) is 2.76. The maximum Gasteiger partial charge on any atom is 0.242 e. The van der Waals surface area contributed by atoms with Gasteiger partial charge in [-0.25, -0.2) is 8.42 Å². The summed E-state index contributed by atoms with van der Waals surface area (Å²) in [7, 11) is -2.02. The fourth-order valence-electron chi connectivity index (χ4n) is 4.02. The number of rotatable bonds is 11. The molecular weight excluding hydrogens is 509 g/mol. The maximum absolute atomic E-state index is 13.3. The van der Waals surface area contributed by atoms with Gasteiger partial charge < -0.3 is 10.2 Å². The van der Waals surface area contributed by atoms with E-state index in [9.17, 15) is 18.0 Å².